The van der Waals surface area contributed by atoms with Crippen LogP contribution >= 0.6 is 0 Å². The van der Waals surface area contributed by atoms with Gasteiger partial charge in [0.05, 0.1) is 11.4 Å². The summed E-state index contributed by atoms with van der Waals surface area (Å²) < 4.78 is 17.7. The van der Waals surface area contributed by atoms with Gasteiger partial charge < -0.3 is 10.5 Å². The number of hydrogen-bond donors (Lipinski definition) is 1. The lowest BCUT2D eigenvalue weighted by atomic mass is 10.1. The van der Waals surface area contributed by atoms with E-state index >= 15 is 0 Å². The third-order valence-electron chi connectivity index (χ3n) is 3.18. The summed E-state index contributed by atoms with van der Waals surface area (Å²) in [4.78, 5) is 0. The summed E-state index contributed by atoms with van der Waals surface area (Å²) in [5.41, 5.74) is 7.79. The molecule has 0 aromatic heterocycles. The first-order valence-electron chi connectivity index (χ1n) is 5.97. The highest BCUT2D eigenvalue weighted by Crippen LogP contribution is 2.21. The second-order valence-electron chi connectivity index (χ2n) is 4.45. The van der Waals surface area contributed by atoms with Gasteiger partial charge in [0, 0.05) is 29.7 Å². The molecule has 0 radical (unpaired) electrons. The molecule has 3 unspecified atom stereocenters. The quantitative estimate of drug-likeness (QED) is 0.886. The summed E-state index contributed by atoms with van der Waals surface area (Å²) in [6, 6.07) is 8.02. The first kappa shape index (κ1) is 12.7. The molecule has 1 heterocycles. The second kappa shape index (κ2) is 5.76. The molecule has 3 nitrogen and oxygen atoms in total. The van der Waals surface area contributed by atoms with Gasteiger partial charge in [0.2, 0.25) is 0 Å². The van der Waals surface area contributed by atoms with Gasteiger partial charge in [-0.15, -0.1) is 0 Å². The molecule has 2 rings (SSSR count). The largest absolute Gasteiger partial charge is 0.377 e. The van der Waals surface area contributed by atoms with Gasteiger partial charge in [-0.2, -0.15) is 0 Å². The van der Waals surface area contributed by atoms with Crippen LogP contribution in [0.25, 0.3) is 0 Å². The van der Waals surface area contributed by atoms with Crippen molar-refractivity contribution < 1.29 is 8.95 Å². The van der Waals surface area contributed by atoms with Gasteiger partial charge in [0.15, 0.2) is 0 Å². The van der Waals surface area contributed by atoms with Gasteiger partial charge in [0.25, 0.3) is 0 Å². The van der Waals surface area contributed by atoms with E-state index < -0.39 is 10.8 Å². The monoisotopic (exact) mass is 253 g/mol. The highest BCUT2D eigenvalue weighted by molar-refractivity contribution is 7.84. The van der Waals surface area contributed by atoms with E-state index in [1.807, 2.05) is 31.2 Å². The first-order valence-corrected chi connectivity index (χ1v) is 7.35. The van der Waals surface area contributed by atoms with Crippen molar-refractivity contribution >= 4 is 10.8 Å². The van der Waals surface area contributed by atoms with E-state index in [0.29, 0.717) is 12.3 Å². The summed E-state index contributed by atoms with van der Waals surface area (Å²) in [7, 11) is -0.852. The molecular formula is C13H19NO2S. The number of ether oxygens (including phenoxy) is 1. The third-order valence-corrected chi connectivity index (χ3v) is 5.09. The van der Waals surface area contributed by atoms with Crippen LogP contribution in [0.2, 0.25) is 0 Å². The molecule has 1 aromatic rings. The van der Waals surface area contributed by atoms with E-state index in [1.54, 1.807) is 0 Å². The molecule has 0 bridgehead atoms. The molecule has 4 heteroatoms. The molecule has 0 saturated carbocycles. The standard InChI is InChI=1S/C13H19NO2S/c1-10-13(5-6-16-10)17(15)9-12-4-2-3-11(7-12)8-14/h2-4,7,10,13H,5-6,8-9,14H2,1H3. The van der Waals surface area contributed by atoms with E-state index in [1.165, 1.54) is 0 Å². The Morgan fingerprint density at radius 2 is 2.24 bits per heavy atom. The fourth-order valence-corrected chi connectivity index (χ4v) is 3.76. The fourth-order valence-electron chi connectivity index (χ4n) is 2.18. The maximum absolute atomic E-state index is 12.2. The van der Waals surface area contributed by atoms with E-state index in [4.69, 9.17) is 10.5 Å². The summed E-state index contributed by atoms with van der Waals surface area (Å²) >= 11 is 0. The van der Waals surface area contributed by atoms with Crippen molar-refractivity contribution in [2.45, 2.75) is 37.0 Å². The SMILES string of the molecule is CC1OCCC1S(=O)Cc1cccc(CN)c1. The van der Waals surface area contributed by atoms with Crippen molar-refractivity contribution in [3.8, 4) is 0 Å². The van der Waals surface area contributed by atoms with Gasteiger partial charge in [-0.25, -0.2) is 0 Å². The molecule has 1 saturated heterocycles. The van der Waals surface area contributed by atoms with Gasteiger partial charge in [-0.05, 0) is 24.5 Å². The highest BCUT2D eigenvalue weighted by atomic mass is 32.2. The Hall–Kier alpha value is -0.710. The van der Waals surface area contributed by atoms with Crippen LogP contribution in [0.15, 0.2) is 24.3 Å². The minimum atomic E-state index is -0.852. The molecule has 0 spiro atoms. The van der Waals surface area contributed by atoms with Crippen LogP contribution in [-0.4, -0.2) is 22.2 Å². The normalized spacial score (nSPS) is 26.0. The predicted octanol–water partition coefficient (Wildman–Crippen LogP) is 1.57. The molecule has 1 aliphatic rings. The Balaban J connectivity index is 2.02. The second-order valence-corrected chi connectivity index (χ2v) is 6.11. The highest BCUT2D eigenvalue weighted by Gasteiger charge is 2.29. The maximum Gasteiger partial charge on any atom is 0.0691 e. The molecule has 3 atom stereocenters. The Labute approximate surface area is 105 Å². The molecule has 0 amide bonds. The smallest absolute Gasteiger partial charge is 0.0691 e. The van der Waals surface area contributed by atoms with E-state index in [-0.39, 0.29) is 11.4 Å². The predicted molar refractivity (Wildman–Crippen MR) is 70.0 cm³/mol. The van der Waals surface area contributed by atoms with Gasteiger partial charge in [0.1, 0.15) is 0 Å². The molecule has 94 valence electrons. The Bertz CT molecular complexity index is 408. The summed E-state index contributed by atoms with van der Waals surface area (Å²) in [6.07, 6.45) is 1.03. The minimum Gasteiger partial charge on any atom is -0.377 e. The summed E-state index contributed by atoms with van der Waals surface area (Å²) in [5, 5.41) is 0.177. The average molecular weight is 253 g/mol. The van der Waals surface area contributed by atoms with Crippen molar-refractivity contribution in [1.29, 1.82) is 0 Å². The molecule has 1 fully saturated rings. The minimum absolute atomic E-state index is 0.119. The van der Waals surface area contributed by atoms with Crippen LogP contribution in [0.5, 0.6) is 0 Å². The molecular weight excluding hydrogens is 234 g/mol. The van der Waals surface area contributed by atoms with E-state index in [2.05, 4.69) is 0 Å². The van der Waals surface area contributed by atoms with Crippen molar-refractivity contribution in [2.75, 3.05) is 6.61 Å². The lowest BCUT2D eigenvalue weighted by molar-refractivity contribution is 0.127. The molecule has 1 aliphatic heterocycles. The zero-order valence-electron chi connectivity index (χ0n) is 10.1. The topological polar surface area (TPSA) is 52.3 Å². The zero-order chi connectivity index (χ0) is 12.3. The van der Waals surface area contributed by atoms with Crippen LogP contribution in [0.3, 0.4) is 0 Å². The molecule has 2 N–H and O–H groups in total. The average Bonchev–Trinajstić information content (AvgIpc) is 2.76. The van der Waals surface area contributed by atoms with Crippen LogP contribution in [0.1, 0.15) is 24.5 Å². The lowest BCUT2D eigenvalue weighted by Crippen LogP contribution is -2.24. The Morgan fingerprint density at radius 1 is 1.47 bits per heavy atom. The van der Waals surface area contributed by atoms with Crippen LogP contribution in [-0.2, 0) is 27.8 Å². The lowest BCUT2D eigenvalue weighted by Gasteiger charge is -2.13. The van der Waals surface area contributed by atoms with E-state index in [0.717, 1.165) is 24.2 Å². The van der Waals surface area contributed by atoms with Crippen molar-refractivity contribution in [1.82, 2.24) is 0 Å². The number of hydrogen-bond acceptors (Lipinski definition) is 3. The first-order chi connectivity index (χ1) is 8.20. The number of rotatable bonds is 4. The fraction of sp³-hybridized carbons (Fsp3) is 0.538. The van der Waals surface area contributed by atoms with Gasteiger partial charge in [-0.3, -0.25) is 4.21 Å². The van der Waals surface area contributed by atoms with Crippen molar-refractivity contribution in [3.63, 3.8) is 0 Å². The van der Waals surface area contributed by atoms with Gasteiger partial charge >= 0.3 is 0 Å². The van der Waals surface area contributed by atoms with E-state index in [9.17, 15) is 4.21 Å². The Kier molecular flexibility index (Phi) is 4.31. The third kappa shape index (κ3) is 3.15. The van der Waals surface area contributed by atoms with Crippen LogP contribution < -0.4 is 5.73 Å². The number of nitrogens with two attached hydrogens (primary N) is 1. The number of benzene rings is 1. The van der Waals surface area contributed by atoms with Crippen molar-refractivity contribution in [3.05, 3.63) is 35.4 Å². The molecule has 0 aliphatic carbocycles. The Morgan fingerprint density at radius 3 is 2.88 bits per heavy atom. The molecule has 17 heavy (non-hydrogen) atoms. The van der Waals surface area contributed by atoms with Crippen molar-refractivity contribution in [2.24, 2.45) is 5.73 Å². The zero-order valence-corrected chi connectivity index (χ0v) is 10.9. The van der Waals surface area contributed by atoms with Gasteiger partial charge in [-0.1, -0.05) is 24.3 Å². The van der Waals surface area contributed by atoms with Crippen LogP contribution in [0, 0.1) is 0 Å². The molecule has 1 aromatic carbocycles. The van der Waals surface area contributed by atoms with Crippen LogP contribution in [0.4, 0.5) is 0 Å². The summed E-state index contributed by atoms with van der Waals surface area (Å²) in [6.45, 7) is 3.27. The maximum atomic E-state index is 12.2. The summed E-state index contributed by atoms with van der Waals surface area (Å²) in [5.74, 6) is 0.603.